The molecule has 5 nitrogen and oxygen atoms in total. The molecule has 0 atom stereocenters. The molecule has 1 aromatic carbocycles. The Labute approximate surface area is 118 Å². The van der Waals surface area contributed by atoms with Crippen LogP contribution in [0.4, 0.5) is 11.4 Å². The molecule has 0 spiro atoms. The van der Waals surface area contributed by atoms with Gasteiger partial charge >= 0.3 is 0 Å². The van der Waals surface area contributed by atoms with Crippen LogP contribution in [-0.4, -0.2) is 42.0 Å². The topological polar surface area (TPSA) is 62.5 Å². The minimum atomic E-state index is 0.143. The Morgan fingerprint density at radius 1 is 1.20 bits per heavy atom. The summed E-state index contributed by atoms with van der Waals surface area (Å²) in [5.41, 5.74) is 8.78. The van der Waals surface area contributed by atoms with Crippen LogP contribution in [0.2, 0.25) is 0 Å². The van der Waals surface area contributed by atoms with Gasteiger partial charge in [-0.05, 0) is 24.3 Å². The number of nitrogens with two attached hydrogens (primary N) is 1. The number of anilines is 2. The van der Waals surface area contributed by atoms with Gasteiger partial charge in [-0.15, -0.1) is 0 Å². The van der Waals surface area contributed by atoms with E-state index in [9.17, 15) is 4.79 Å². The fraction of sp³-hybridized carbons (Fsp3) is 0.333. The number of pyridine rings is 1. The van der Waals surface area contributed by atoms with E-state index in [4.69, 9.17) is 5.73 Å². The van der Waals surface area contributed by atoms with E-state index in [0.29, 0.717) is 0 Å². The Morgan fingerprint density at radius 2 is 1.95 bits per heavy atom. The number of amides is 1. The number of rotatable bonds is 1. The molecule has 1 fully saturated rings. The maximum atomic E-state index is 11.4. The third kappa shape index (κ3) is 2.15. The Bertz CT molecular complexity index is 647. The first kappa shape index (κ1) is 12.7. The average Bonchev–Trinajstić information content (AvgIpc) is 2.48. The normalized spacial score (nSPS) is 15.7. The number of nitrogen functional groups attached to an aromatic ring is 1. The van der Waals surface area contributed by atoms with Crippen molar-refractivity contribution in [3.8, 4) is 0 Å². The third-order valence-electron chi connectivity index (χ3n) is 3.85. The molecule has 2 aromatic rings. The first-order chi connectivity index (χ1) is 9.66. The van der Waals surface area contributed by atoms with E-state index in [1.807, 2.05) is 29.2 Å². The smallest absolute Gasteiger partial charge is 0.219 e. The van der Waals surface area contributed by atoms with E-state index in [0.717, 1.165) is 48.5 Å². The summed E-state index contributed by atoms with van der Waals surface area (Å²) in [6.07, 6.45) is 1.79. The molecule has 0 saturated carbocycles. The lowest BCUT2D eigenvalue weighted by atomic mass is 10.1. The zero-order valence-electron chi connectivity index (χ0n) is 11.5. The fourth-order valence-electron chi connectivity index (χ4n) is 2.70. The number of piperazine rings is 1. The molecule has 2 heterocycles. The van der Waals surface area contributed by atoms with Crippen LogP contribution in [0.25, 0.3) is 10.9 Å². The molecule has 1 saturated heterocycles. The molecule has 104 valence electrons. The first-order valence-corrected chi connectivity index (χ1v) is 6.80. The van der Waals surface area contributed by atoms with Crippen LogP contribution in [0, 0.1) is 0 Å². The van der Waals surface area contributed by atoms with Crippen LogP contribution in [-0.2, 0) is 4.79 Å². The fourth-order valence-corrected chi connectivity index (χ4v) is 2.70. The van der Waals surface area contributed by atoms with Gasteiger partial charge in [0.2, 0.25) is 5.91 Å². The Kier molecular flexibility index (Phi) is 3.18. The van der Waals surface area contributed by atoms with E-state index in [2.05, 4.69) is 9.88 Å². The summed E-state index contributed by atoms with van der Waals surface area (Å²) in [5.74, 6) is 0.143. The van der Waals surface area contributed by atoms with Gasteiger partial charge < -0.3 is 15.5 Å². The predicted octanol–water partition coefficient (Wildman–Crippen LogP) is 1.49. The van der Waals surface area contributed by atoms with E-state index in [1.165, 1.54) is 0 Å². The summed E-state index contributed by atoms with van der Waals surface area (Å²) >= 11 is 0. The van der Waals surface area contributed by atoms with Crippen molar-refractivity contribution < 1.29 is 4.79 Å². The highest BCUT2D eigenvalue weighted by Gasteiger charge is 2.20. The van der Waals surface area contributed by atoms with Gasteiger partial charge in [-0.25, -0.2) is 0 Å². The van der Waals surface area contributed by atoms with Crippen molar-refractivity contribution >= 4 is 28.2 Å². The minimum absolute atomic E-state index is 0.143. The molecule has 0 bridgehead atoms. The standard InChI is InChI=1S/C15H18N4O/c1-11(20)18-7-9-19(10-8-18)14-5-4-13(16)12-3-2-6-17-15(12)14/h2-6H,7-10,16H2,1H3. The Hall–Kier alpha value is -2.30. The van der Waals surface area contributed by atoms with Crippen molar-refractivity contribution in [3.63, 3.8) is 0 Å². The third-order valence-corrected chi connectivity index (χ3v) is 3.85. The van der Waals surface area contributed by atoms with E-state index in [1.54, 1.807) is 13.1 Å². The van der Waals surface area contributed by atoms with E-state index < -0.39 is 0 Å². The highest BCUT2D eigenvalue weighted by molar-refractivity contribution is 5.98. The van der Waals surface area contributed by atoms with Crippen LogP contribution in [0.15, 0.2) is 30.5 Å². The van der Waals surface area contributed by atoms with Crippen LogP contribution in [0.5, 0.6) is 0 Å². The van der Waals surface area contributed by atoms with Gasteiger partial charge in [0.1, 0.15) is 0 Å². The number of hydrogen-bond acceptors (Lipinski definition) is 4. The second kappa shape index (κ2) is 5.00. The van der Waals surface area contributed by atoms with Crippen molar-refractivity contribution in [2.75, 3.05) is 36.8 Å². The van der Waals surface area contributed by atoms with Gasteiger partial charge in [0.25, 0.3) is 0 Å². The largest absolute Gasteiger partial charge is 0.398 e. The number of fused-ring (bicyclic) bond motifs is 1. The molecular weight excluding hydrogens is 252 g/mol. The first-order valence-electron chi connectivity index (χ1n) is 6.80. The van der Waals surface area contributed by atoms with Crippen molar-refractivity contribution in [2.24, 2.45) is 0 Å². The lowest BCUT2D eigenvalue weighted by molar-refractivity contribution is -0.129. The monoisotopic (exact) mass is 270 g/mol. The lowest BCUT2D eigenvalue weighted by Crippen LogP contribution is -2.48. The molecule has 0 radical (unpaired) electrons. The highest BCUT2D eigenvalue weighted by Crippen LogP contribution is 2.29. The van der Waals surface area contributed by atoms with Gasteiger partial charge in [-0.3, -0.25) is 9.78 Å². The molecule has 3 rings (SSSR count). The summed E-state index contributed by atoms with van der Waals surface area (Å²) in [7, 11) is 0. The number of aromatic nitrogens is 1. The van der Waals surface area contributed by atoms with Gasteiger partial charge in [0.05, 0.1) is 11.2 Å². The summed E-state index contributed by atoms with van der Waals surface area (Å²) < 4.78 is 0. The lowest BCUT2D eigenvalue weighted by Gasteiger charge is -2.36. The quantitative estimate of drug-likeness (QED) is 0.797. The predicted molar refractivity (Wildman–Crippen MR) is 80.6 cm³/mol. The molecule has 1 amide bonds. The van der Waals surface area contributed by atoms with Crippen molar-refractivity contribution in [1.29, 1.82) is 0 Å². The molecular formula is C15H18N4O. The molecule has 1 aliphatic rings. The Morgan fingerprint density at radius 3 is 2.65 bits per heavy atom. The summed E-state index contributed by atoms with van der Waals surface area (Å²) in [4.78, 5) is 20.0. The molecule has 5 heteroatoms. The van der Waals surface area contributed by atoms with Gasteiger partial charge in [-0.2, -0.15) is 0 Å². The second-order valence-electron chi connectivity index (χ2n) is 5.07. The van der Waals surface area contributed by atoms with Gasteiger partial charge in [0, 0.05) is 50.4 Å². The molecule has 2 N–H and O–H groups in total. The molecule has 1 aromatic heterocycles. The number of benzene rings is 1. The summed E-state index contributed by atoms with van der Waals surface area (Å²) in [5, 5.41) is 0.985. The van der Waals surface area contributed by atoms with Crippen molar-refractivity contribution in [2.45, 2.75) is 6.92 Å². The molecule has 20 heavy (non-hydrogen) atoms. The average molecular weight is 270 g/mol. The highest BCUT2D eigenvalue weighted by atomic mass is 16.2. The number of nitrogens with zero attached hydrogens (tertiary/aromatic N) is 3. The summed E-state index contributed by atoms with van der Waals surface area (Å²) in [6.45, 7) is 4.79. The zero-order valence-corrected chi connectivity index (χ0v) is 11.5. The number of carbonyl (C=O) groups excluding carboxylic acids is 1. The van der Waals surface area contributed by atoms with E-state index >= 15 is 0 Å². The molecule has 0 aliphatic carbocycles. The molecule has 1 aliphatic heterocycles. The maximum absolute atomic E-state index is 11.4. The SMILES string of the molecule is CC(=O)N1CCN(c2ccc(N)c3cccnc23)CC1. The molecule has 0 unspecified atom stereocenters. The second-order valence-corrected chi connectivity index (χ2v) is 5.07. The van der Waals surface area contributed by atoms with Crippen LogP contribution < -0.4 is 10.6 Å². The number of hydrogen-bond donors (Lipinski definition) is 1. The Balaban J connectivity index is 1.92. The summed E-state index contributed by atoms with van der Waals surface area (Å²) in [6, 6.07) is 7.84. The maximum Gasteiger partial charge on any atom is 0.219 e. The minimum Gasteiger partial charge on any atom is -0.398 e. The van der Waals surface area contributed by atoms with Crippen molar-refractivity contribution in [3.05, 3.63) is 30.5 Å². The van der Waals surface area contributed by atoms with E-state index in [-0.39, 0.29) is 5.91 Å². The van der Waals surface area contributed by atoms with Crippen LogP contribution in [0.1, 0.15) is 6.92 Å². The number of carbonyl (C=O) groups is 1. The van der Waals surface area contributed by atoms with Crippen molar-refractivity contribution in [1.82, 2.24) is 9.88 Å². The van der Waals surface area contributed by atoms with Gasteiger partial charge in [0.15, 0.2) is 0 Å². The van der Waals surface area contributed by atoms with Crippen LogP contribution in [0.3, 0.4) is 0 Å². The van der Waals surface area contributed by atoms with Gasteiger partial charge in [-0.1, -0.05) is 0 Å². The van der Waals surface area contributed by atoms with Crippen LogP contribution >= 0.6 is 0 Å². The zero-order chi connectivity index (χ0) is 14.1.